The Bertz CT molecular complexity index is 951. The molecule has 0 spiro atoms. The Morgan fingerprint density at radius 3 is 2.28 bits per heavy atom. The quantitative estimate of drug-likeness (QED) is 0.719. The van der Waals surface area contributed by atoms with Gasteiger partial charge in [0, 0.05) is 37.3 Å². The van der Waals surface area contributed by atoms with E-state index < -0.39 is 10.0 Å². The maximum atomic E-state index is 12.8. The fraction of sp³-hybridized carbons (Fsp3) is 0.652. The molecule has 2 N–H and O–H groups in total. The lowest BCUT2D eigenvalue weighted by molar-refractivity contribution is 0.0917. The van der Waals surface area contributed by atoms with Crippen LogP contribution in [0.4, 0.5) is 10.5 Å². The van der Waals surface area contributed by atoms with Crippen LogP contribution in [0.15, 0.2) is 18.2 Å². The summed E-state index contributed by atoms with van der Waals surface area (Å²) in [5, 5.41) is 6.26. The van der Waals surface area contributed by atoms with Gasteiger partial charge in [0.05, 0.1) is 11.9 Å². The van der Waals surface area contributed by atoms with Gasteiger partial charge < -0.3 is 15.5 Å². The number of fused-ring (bicyclic) bond motifs is 1. The van der Waals surface area contributed by atoms with Crippen LogP contribution in [0.2, 0.25) is 0 Å². The van der Waals surface area contributed by atoms with Gasteiger partial charge in [0.1, 0.15) is 0 Å². The highest BCUT2D eigenvalue weighted by molar-refractivity contribution is 7.92. The van der Waals surface area contributed by atoms with Crippen molar-refractivity contribution in [2.75, 3.05) is 30.2 Å². The van der Waals surface area contributed by atoms with Gasteiger partial charge in [-0.2, -0.15) is 0 Å². The lowest BCUT2D eigenvalue weighted by atomic mass is 9.95. The Kier molecular flexibility index (Phi) is 6.93. The zero-order valence-corrected chi connectivity index (χ0v) is 19.6. The molecule has 0 atom stereocenters. The average Bonchev–Trinajstić information content (AvgIpc) is 2.78. The second-order valence-electron chi connectivity index (χ2n) is 9.30. The Balaban J connectivity index is 1.30. The van der Waals surface area contributed by atoms with Crippen molar-refractivity contribution in [1.29, 1.82) is 0 Å². The van der Waals surface area contributed by atoms with E-state index >= 15 is 0 Å². The van der Waals surface area contributed by atoms with Crippen molar-refractivity contribution in [3.05, 3.63) is 29.3 Å². The normalized spacial score (nSPS) is 20.5. The SMILES string of the molecule is CS(=O)(=O)N1CCCc2cc(C(=O)NC3CCN(C(=O)NC4CCCCC4)CC3)ccc21. The summed E-state index contributed by atoms with van der Waals surface area (Å²) in [7, 11) is -3.32. The molecule has 3 amide bonds. The number of anilines is 1. The minimum atomic E-state index is -3.32. The van der Waals surface area contributed by atoms with Crippen LogP contribution in [0.3, 0.4) is 0 Å². The summed E-state index contributed by atoms with van der Waals surface area (Å²) < 4.78 is 25.5. The number of sulfonamides is 1. The Morgan fingerprint density at radius 1 is 0.906 bits per heavy atom. The molecule has 1 saturated carbocycles. The number of urea groups is 1. The molecule has 8 nitrogen and oxygen atoms in total. The number of likely N-dealkylation sites (tertiary alicyclic amines) is 1. The number of hydrogen-bond acceptors (Lipinski definition) is 4. The van der Waals surface area contributed by atoms with Crippen LogP contribution >= 0.6 is 0 Å². The monoisotopic (exact) mass is 462 g/mol. The van der Waals surface area contributed by atoms with Crippen LogP contribution in [0.25, 0.3) is 0 Å². The molecule has 1 aromatic carbocycles. The Morgan fingerprint density at radius 2 is 1.59 bits per heavy atom. The number of carbonyl (C=O) groups is 2. The number of carbonyl (C=O) groups excluding carboxylic acids is 2. The number of amides is 3. The molecule has 0 bridgehead atoms. The van der Waals surface area contributed by atoms with E-state index in [0.717, 1.165) is 44.1 Å². The minimum Gasteiger partial charge on any atom is -0.349 e. The molecule has 2 aliphatic heterocycles. The van der Waals surface area contributed by atoms with E-state index in [1.54, 1.807) is 12.1 Å². The van der Waals surface area contributed by atoms with Crippen molar-refractivity contribution < 1.29 is 18.0 Å². The molecule has 0 radical (unpaired) electrons. The van der Waals surface area contributed by atoms with Gasteiger partial charge in [-0.3, -0.25) is 9.10 Å². The van der Waals surface area contributed by atoms with E-state index in [2.05, 4.69) is 10.6 Å². The smallest absolute Gasteiger partial charge is 0.317 e. The van der Waals surface area contributed by atoms with Crippen LogP contribution in [0, 0.1) is 0 Å². The average molecular weight is 463 g/mol. The van der Waals surface area contributed by atoms with Crippen LogP contribution in [-0.2, 0) is 16.4 Å². The molecule has 2 fully saturated rings. The Labute approximate surface area is 190 Å². The molecule has 3 aliphatic rings. The fourth-order valence-electron chi connectivity index (χ4n) is 5.06. The van der Waals surface area contributed by atoms with Gasteiger partial charge in [0.25, 0.3) is 5.91 Å². The highest BCUT2D eigenvalue weighted by Gasteiger charge is 2.27. The van der Waals surface area contributed by atoms with Crippen molar-refractivity contribution in [1.82, 2.24) is 15.5 Å². The van der Waals surface area contributed by atoms with Gasteiger partial charge in [-0.15, -0.1) is 0 Å². The maximum Gasteiger partial charge on any atom is 0.317 e. The third-order valence-electron chi connectivity index (χ3n) is 6.87. The molecule has 32 heavy (non-hydrogen) atoms. The first-order chi connectivity index (χ1) is 15.3. The number of benzene rings is 1. The highest BCUT2D eigenvalue weighted by atomic mass is 32.2. The van der Waals surface area contributed by atoms with Crippen molar-refractivity contribution >= 4 is 27.6 Å². The van der Waals surface area contributed by atoms with Gasteiger partial charge >= 0.3 is 6.03 Å². The number of nitrogens with one attached hydrogen (secondary N) is 2. The van der Waals surface area contributed by atoms with E-state index in [4.69, 9.17) is 0 Å². The largest absolute Gasteiger partial charge is 0.349 e. The first kappa shape index (κ1) is 22.9. The van der Waals surface area contributed by atoms with E-state index in [-0.39, 0.29) is 18.0 Å². The van der Waals surface area contributed by atoms with Crippen molar-refractivity contribution in [3.63, 3.8) is 0 Å². The molecule has 4 rings (SSSR count). The van der Waals surface area contributed by atoms with Crippen molar-refractivity contribution in [2.45, 2.75) is 69.9 Å². The zero-order chi connectivity index (χ0) is 22.7. The first-order valence-electron chi connectivity index (χ1n) is 11.8. The predicted molar refractivity (Wildman–Crippen MR) is 124 cm³/mol. The lowest BCUT2D eigenvalue weighted by Gasteiger charge is -2.34. The van der Waals surface area contributed by atoms with E-state index in [9.17, 15) is 18.0 Å². The van der Waals surface area contributed by atoms with Gasteiger partial charge in [-0.05, 0) is 62.3 Å². The standard InChI is InChI=1S/C23H34N4O4S/c1-32(30,31)27-13-5-6-17-16-18(9-10-21(17)27)22(28)24-20-11-14-26(15-12-20)23(29)25-19-7-3-2-4-8-19/h9-10,16,19-20H,2-8,11-15H2,1H3,(H,24,28)(H,25,29). The fourth-order valence-corrected chi connectivity index (χ4v) is 6.05. The van der Waals surface area contributed by atoms with E-state index in [0.29, 0.717) is 36.9 Å². The van der Waals surface area contributed by atoms with Gasteiger partial charge in [0.15, 0.2) is 0 Å². The number of aryl methyl sites for hydroxylation is 1. The van der Waals surface area contributed by atoms with Crippen LogP contribution in [0.5, 0.6) is 0 Å². The highest BCUT2D eigenvalue weighted by Crippen LogP contribution is 2.30. The van der Waals surface area contributed by atoms with Gasteiger partial charge in [0.2, 0.25) is 10.0 Å². The van der Waals surface area contributed by atoms with Crippen molar-refractivity contribution in [2.24, 2.45) is 0 Å². The molecule has 1 saturated heterocycles. The van der Waals surface area contributed by atoms with Crippen molar-refractivity contribution in [3.8, 4) is 0 Å². The predicted octanol–water partition coefficient (Wildman–Crippen LogP) is 2.64. The van der Waals surface area contributed by atoms with Gasteiger partial charge in [-0.1, -0.05) is 19.3 Å². The Hall–Kier alpha value is -2.29. The lowest BCUT2D eigenvalue weighted by Crippen LogP contribution is -2.51. The topological polar surface area (TPSA) is 98.8 Å². The number of nitrogens with zero attached hydrogens (tertiary/aromatic N) is 2. The third kappa shape index (κ3) is 5.36. The summed E-state index contributed by atoms with van der Waals surface area (Å²) in [4.78, 5) is 27.2. The molecule has 176 valence electrons. The molecule has 2 heterocycles. The molecule has 1 aliphatic carbocycles. The summed E-state index contributed by atoms with van der Waals surface area (Å²) >= 11 is 0. The summed E-state index contributed by atoms with van der Waals surface area (Å²) in [5.41, 5.74) is 2.12. The molecule has 1 aromatic rings. The summed E-state index contributed by atoms with van der Waals surface area (Å²) in [6.07, 6.45) is 9.96. The number of piperidine rings is 1. The number of hydrogen-bond donors (Lipinski definition) is 2. The molecular formula is C23H34N4O4S. The summed E-state index contributed by atoms with van der Waals surface area (Å²) in [6, 6.07) is 5.61. The van der Waals surface area contributed by atoms with E-state index in [1.807, 2.05) is 11.0 Å². The molecule has 0 unspecified atom stereocenters. The zero-order valence-electron chi connectivity index (χ0n) is 18.8. The van der Waals surface area contributed by atoms with E-state index in [1.165, 1.54) is 29.8 Å². The summed E-state index contributed by atoms with van der Waals surface area (Å²) in [5.74, 6) is -0.144. The third-order valence-corrected chi connectivity index (χ3v) is 8.05. The van der Waals surface area contributed by atoms with Crippen LogP contribution < -0.4 is 14.9 Å². The molecule has 0 aromatic heterocycles. The van der Waals surface area contributed by atoms with Crippen LogP contribution in [0.1, 0.15) is 67.3 Å². The summed E-state index contributed by atoms with van der Waals surface area (Å²) in [6.45, 7) is 1.75. The first-order valence-corrected chi connectivity index (χ1v) is 13.6. The molecule has 9 heteroatoms. The molecular weight excluding hydrogens is 428 g/mol. The second-order valence-corrected chi connectivity index (χ2v) is 11.2. The minimum absolute atomic E-state index is 0.0202. The second kappa shape index (κ2) is 9.68. The number of rotatable bonds is 4. The van der Waals surface area contributed by atoms with Gasteiger partial charge in [-0.25, -0.2) is 13.2 Å². The maximum absolute atomic E-state index is 12.8. The van der Waals surface area contributed by atoms with Crippen LogP contribution in [-0.4, -0.2) is 63.2 Å².